The molecule has 0 saturated carbocycles. The summed E-state index contributed by atoms with van der Waals surface area (Å²) in [7, 11) is 0. The van der Waals surface area contributed by atoms with Crippen molar-refractivity contribution < 1.29 is 9.50 Å². The molecule has 1 unspecified atom stereocenters. The number of halogens is 1. The van der Waals surface area contributed by atoms with Crippen LogP contribution < -0.4 is 4.90 Å². The Balaban J connectivity index is 2.08. The van der Waals surface area contributed by atoms with E-state index in [0.717, 1.165) is 32.6 Å². The minimum atomic E-state index is -0.271. The molecular formula is C15H24FN3O. The van der Waals surface area contributed by atoms with Crippen LogP contribution in [0.2, 0.25) is 0 Å². The molecule has 1 aliphatic heterocycles. The number of aromatic nitrogens is 1. The van der Waals surface area contributed by atoms with Gasteiger partial charge in [-0.2, -0.15) is 0 Å². The van der Waals surface area contributed by atoms with Crippen LogP contribution in [0.4, 0.5) is 10.1 Å². The molecule has 112 valence electrons. The van der Waals surface area contributed by atoms with Crippen LogP contribution in [0, 0.1) is 11.7 Å². The van der Waals surface area contributed by atoms with E-state index >= 15 is 0 Å². The van der Waals surface area contributed by atoms with Crippen molar-refractivity contribution in [2.75, 3.05) is 37.7 Å². The summed E-state index contributed by atoms with van der Waals surface area (Å²) >= 11 is 0. The number of aliphatic hydroxyl groups excluding tert-OH is 1. The van der Waals surface area contributed by atoms with Crippen molar-refractivity contribution in [3.05, 3.63) is 24.3 Å². The largest absolute Gasteiger partial charge is 0.396 e. The summed E-state index contributed by atoms with van der Waals surface area (Å²) in [5, 5.41) is 9.25. The van der Waals surface area contributed by atoms with E-state index in [0.29, 0.717) is 11.6 Å². The average Bonchev–Trinajstić information content (AvgIpc) is 2.41. The minimum Gasteiger partial charge on any atom is -0.396 e. The van der Waals surface area contributed by atoms with Crippen LogP contribution in [0.3, 0.4) is 0 Å². The summed E-state index contributed by atoms with van der Waals surface area (Å²) in [5.74, 6) is 0.327. The molecule has 2 heterocycles. The predicted molar refractivity (Wildman–Crippen MR) is 78.3 cm³/mol. The molecule has 1 aromatic rings. The summed E-state index contributed by atoms with van der Waals surface area (Å²) in [5.41, 5.74) is 0.618. The molecule has 0 aliphatic carbocycles. The van der Waals surface area contributed by atoms with Gasteiger partial charge in [-0.1, -0.05) is 13.8 Å². The molecule has 5 heteroatoms. The Kier molecular flexibility index (Phi) is 5.31. The van der Waals surface area contributed by atoms with Crippen molar-refractivity contribution in [1.29, 1.82) is 0 Å². The van der Waals surface area contributed by atoms with Crippen LogP contribution in [-0.2, 0) is 0 Å². The van der Waals surface area contributed by atoms with Gasteiger partial charge in [-0.15, -0.1) is 0 Å². The zero-order valence-corrected chi connectivity index (χ0v) is 12.3. The predicted octanol–water partition coefficient (Wildman–Crippen LogP) is 1.75. The van der Waals surface area contributed by atoms with E-state index in [9.17, 15) is 9.50 Å². The van der Waals surface area contributed by atoms with Gasteiger partial charge in [0, 0.05) is 45.0 Å². The molecule has 4 nitrogen and oxygen atoms in total. The van der Waals surface area contributed by atoms with Gasteiger partial charge in [-0.25, -0.2) is 4.39 Å². The molecule has 1 aromatic heterocycles. The number of piperazine rings is 1. The molecular weight excluding hydrogens is 257 g/mol. The van der Waals surface area contributed by atoms with E-state index in [4.69, 9.17) is 0 Å². The van der Waals surface area contributed by atoms with E-state index < -0.39 is 0 Å². The fourth-order valence-corrected chi connectivity index (χ4v) is 2.87. The lowest BCUT2D eigenvalue weighted by molar-refractivity contribution is 0.128. The van der Waals surface area contributed by atoms with E-state index in [1.807, 2.05) is 0 Å². The molecule has 1 atom stereocenters. The van der Waals surface area contributed by atoms with E-state index in [-0.39, 0.29) is 18.5 Å². The second-order valence-corrected chi connectivity index (χ2v) is 5.83. The topological polar surface area (TPSA) is 39.6 Å². The molecule has 0 spiro atoms. The molecule has 0 amide bonds. The lowest BCUT2D eigenvalue weighted by atomic mass is 10.1. The van der Waals surface area contributed by atoms with Crippen molar-refractivity contribution in [2.45, 2.75) is 26.3 Å². The maximum Gasteiger partial charge on any atom is 0.164 e. The first-order valence-corrected chi connectivity index (χ1v) is 7.31. The second-order valence-electron chi connectivity index (χ2n) is 5.83. The maximum absolute atomic E-state index is 13.8. The van der Waals surface area contributed by atoms with E-state index in [1.54, 1.807) is 12.3 Å². The van der Waals surface area contributed by atoms with Gasteiger partial charge >= 0.3 is 0 Å². The Hall–Kier alpha value is -1.20. The van der Waals surface area contributed by atoms with E-state index in [1.165, 1.54) is 6.20 Å². The number of rotatable bonds is 5. The van der Waals surface area contributed by atoms with Crippen LogP contribution in [0.25, 0.3) is 0 Å². The van der Waals surface area contributed by atoms with Gasteiger partial charge < -0.3 is 10.0 Å². The highest BCUT2D eigenvalue weighted by Crippen LogP contribution is 2.23. The Labute approximate surface area is 120 Å². The molecule has 0 aromatic carbocycles. The fourth-order valence-electron chi connectivity index (χ4n) is 2.87. The number of aliphatic hydroxyl groups is 1. The molecule has 20 heavy (non-hydrogen) atoms. The molecule has 1 N–H and O–H groups in total. The molecule has 2 rings (SSSR count). The number of anilines is 1. The van der Waals surface area contributed by atoms with Crippen molar-refractivity contribution >= 4 is 5.69 Å². The van der Waals surface area contributed by atoms with E-state index in [2.05, 4.69) is 28.6 Å². The van der Waals surface area contributed by atoms with Gasteiger partial charge in [-0.3, -0.25) is 9.88 Å². The van der Waals surface area contributed by atoms with Crippen LogP contribution in [-0.4, -0.2) is 53.8 Å². The van der Waals surface area contributed by atoms with Gasteiger partial charge in [0.15, 0.2) is 5.82 Å². The van der Waals surface area contributed by atoms with Crippen LogP contribution >= 0.6 is 0 Å². The zero-order valence-electron chi connectivity index (χ0n) is 12.3. The molecule has 1 fully saturated rings. The summed E-state index contributed by atoms with van der Waals surface area (Å²) < 4.78 is 13.8. The smallest absolute Gasteiger partial charge is 0.164 e. The quantitative estimate of drug-likeness (QED) is 0.892. The molecule has 1 aliphatic rings. The summed E-state index contributed by atoms with van der Waals surface area (Å²) in [6.07, 6.45) is 3.62. The monoisotopic (exact) mass is 281 g/mol. The summed E-state index contributed by atoms with van der Waals surface area (Å²) in [6.45, 7) is 8.08. The molecule has 1 saturated heterocycles. The normalized spacial score (nSPS) is 20.6. The first-order chi connectivity index (χ1) is 9.61. The molecule has 0 bridgehead atoms. The highest BCUT2D eigenvalue weighted by atomic mass is 19.1. The van der Waals surface area contributed by atoms with Gasteiger partial charge in [-0.05, 0) is 18.4 Å². The van der Waals surface area contributed by atoms with Crippen molar-refractivity contribution in [3.8, 4) is 0 Å². The van der Waals surface area contributed by atoms with Crippen molar-refractivity contribution in [2.24, 2.45) is 5.92 Å². The van der Waals surface area contributed by atoms with Crippen LogP contribution in [0.15, 0.2) is 18.5 Å². The zero-order chi connectivity index (χ0) is 14.5. The Bertz CT molecular complexity index is 427. The number of hydrogen-bond donors (Lipinski definition) is 1. The number of hydrogen-bond acceptors (Lipinski definition) is 4. The maximum atomic E-state index is 13.8. The van der Waals surface area contributed by atoms with Crippen molar-refractivity contribution in [1.82, 2.24) is 9.88 Å². The van der Waals surface area contributed by atoms with Gasteiger partial charge in [0.25, 0.3) is 0 Å². The molecule has 0 radical (unpaired) electrons. The van der Waals surface area contributed by atoms with Crippen molar-refractivity contribution in [3.63, 3.8) is 0 Å². The summed E-state index contributed by atoms with van der Waals surface area (Å²) in [6, 6.07) is 2.01. The van der Waals surface area contributed by atoms with Crippen LogP contribution in [0.1, 0.15) is 20.3 Å². The lowest BCUT2D eigenvalue weighted by Crippen LogP contribution is -2.54. The second kappa shape index (κ2) is 6.99. The SMILES string of the molecule is CC(C)CN1CCN(c2ccncc2F)CC1CCO. The highest BCUT2D eigenvalue weighted by Gasteiger charge is 2.28. The summed E-state index contributed by atoms with van der Waals surface area (Å²) in [4.78, 5) is 8.27. The third-order valence-corrected chi connectivity index (χ3v) is 3.76. The first-order valence-electron chi connectivity index (χ1n) is 7.31. The van der Waals surface area contributed by atoms with Gasteiger partial charge in [0.1, 0.15) is 0 Å². The Morgan fingerprint density at radius 2 is 2.25 bits per heavy atom. The van der Waals surface area contributed by atoms with Gasteiger partial charge in [0.05, 0.1) is 11.9 Å². The third-order valence-electron chi connectivity index (χ3n) is 3.76. The number of nitrogens with zero attached hydrogens (tertiary/aromatic N) is 3. The third kappa shape index (κ3) is 3.67. The minimum absolute atomic E-state index is 0.173. The average molecular weight is 281 g/mol. The first kappa shape index (κ1) is 15.2. The fraction of sp³-hybridized carbons (Fsp3) is 0.667. The standard InChI is InChI=1S/C15H24FN3O/c1-12(2)10-18-6-7-19(11-13(18)4-8-20)15-3-5-17-9-14(15)16/h3,5,9,12-13,20H,4,6-8,10-11H2,1-2H3. The Morgan fingerprint density at radius 1 is 1.45 bits per heavy atom. The Morgan fingerprint density at radius 3 is 2.90 bits per heavy atom. The van der Waals surface area contributed by atoms with Gasteiger partial charge in [0.2, 0.25) is 0 Å². The van der Waals surface area contributed by atoms with Crippen LogP contribution in [0.5, 0.6) is 0 Å². The highest BCUT2D eigenvalue weighted by molar-refractivity contribution is 5.46. The lowest BCUT2D eigenvalue weighted by Gasteiger charge is -2.43. The number of pyridine rings is 1.